The van der Waals surface area contributed by atoms with Crippen LogP contribution in [0.3, 0.4) is 0 Å². The average Bonchev–Trinajstić information content (AvgIpc) is 2.76. The van der Waals surface area contributed by atoms with Crippen molar-refractivity contribution >= 4 is 43.1 Å². The van der Waals surface area contributed by atoms with Gasteiger partial charge in [0.2, 0.25) is 0 Å². The van der Waals surface area contributed by atoms with Crippen molar-refractivity contribution in [3.8, 4) is 11.3 Å². The molecule has 6 rings (SSSR count). The van der Waals surface area contributed by atoms with Gasteiger partial charge in [-0.25, -0.2) is 0 Å². The van der Waals surface area contributed by atoms with E-state index in [1.165, 1.54) is 43.1 Å². The largest absolute Gasteiger partial charge is 0.159 e. The average molecular weight is 356 g/mol. The van der Waals surface area contributed by atoms with Crippen LogP contribution in [0.1, 0.15) is 0 Å². The number of hydrogen-bond donors (Lipinski definition) is 0. The Balaban J connectivity index is 1.75. The van der Waals surface area contributed by atoms with Crippen LogP contribution in [-0.2, 0) is 0 Å². The van der Waals surface area contributed by atoms with Crippen molar-refractivity contribution in [2.24, 2.45) is 0 Å². The molecule has 0 amide bonds. The first-order chi connectivity index (χ1) is 13.9. The molecular weight excluding hydrogens is 340 g/mol. The van der Waals surface area contributed by atoms with Gasteiger partial charge in [-0.15, -0.1) is 0 Å². The maximum atomic E-state index is 4.33. The summed E-state index contributed by atoms with van der Waals surface area (Å²) in [4.78, 5) is 0. The first-order valence-corrected chi connectivity index (χ1v) is 9.43. The minimum absolute atomic E-state index is 0.901. The lowest BCUT2D eigenvalue weighted by molar-refractivity contribution is 1.04. The summed E-state index contributed by atoms with van der Waals surface area (Å²) in [6.45, 7) is 0. The van der Waals surface area contributed by atoms with Crippen molar-refractivity contribution < 1.29 is 0 Å². The van der Waals surface area contributed by atoms with E-state index in [9.17, 15) is 0 Å². The van der Waals surface area contributed by atoms with Gasteiger partial charge >= 0.3 is 0 Å². The molecule has 2 heteroatoms. The van der Waals surface area contributed by atoms with Crippen LogP contribution < -0.4 is 0 Å². The number of rotatable bonds is 1. The standard InChI is InChI=1S/C26H16N2/c1-2-6-18-15-23-20(13-17(18)5-1)10-11-21-14-19-7-3-8-22(24(19)16-25(21)23)26-9-4-12-27-28-26/h1-16H. The highest BCUT2D eigenvalue weighted by molar-refractivity contribution is 6.16. The monoisotopic (exact) mass is 356 g/mol. The molecule has 28 heavy (non-hydrogen) atoms. The van der Waals surface area contributed by atoms with E-state index < -0.39 is 0 Å². The zero-order valence-electron chi connectivity index (χ0n) is 15.1. The summed E-state index contributed by atoms with van der Waals surface area (Å²) in [5, 5.41) is 18.4. The smallest absolute Gasteiger partial charge is 0.0935 e. The van der Waals surface area contributed by atoms with Gasteiger partial charge < -0.3 is 0 Å². The second-order valence-corrected chi connectivity index (χ2v) is 7.20. The van der Waals surface area contributed by atoms with E-state index >= 15 is 0 Å². The highest BCUT2D eigenvalue weighted by Crippen LogP contribution is 2.35. The van der Waals surface area contributed by atoms with Crippen LogP contribution in [0.25, 0.3) is 54.3 Å². The summed E-state index contributed by atoms with van der Waals surface area (Å²) < 4.78 is 0. The molecule has 0 atom stereocenters. The lowest BCUT2D eigenvalue weighted by Crippen LogP contribution is -1.88. The molecule has 2 nitrogen and oxygen atoms in total. The van der Waals surface area contributed by atoms with Gasteiger partial charge in [0.1, 0.15) is 0 Å². The Morgan fingerprint density at radius 1 is 0.464 bits per heavy atom. The third kappa shape index (κ3) is 2.28. The van der Waals surface area contributed by atoms with E-state index in [1.54, 1.807) is 6.20 Å². The number of benzene rings is 5. The summed E-state index contributed by atoms with van der Waals surface area (Å²) in [6.07, 6.45) is 1.71. The van der Waals surface area contributed by atoms with Gasteiger partial charge in [0.05, 0.1) is 5.69 Å². The van der Waals surface area contributed by atoms with Gasteiger partial charge in [0.25, 0.3) is 0 Å². The molecule has 1 aromatic heterocycles. The van der Waals surface area contributed by atoms with Crippen molar-refractivity contribution in [2.45, 2.75) is 0 Å². The quantitative estimate of drug-likeness (QED) is 0.240. The van der Waals surface area contributed by atoms with Gasteiger partial charge in [0.15, 0.2) is 0 Å². The minimum atomic E-state index is 0.901. The van der Waals surface area contributed by atoms with Gasteiger partial charge in [0, 0.05) is 11.8 Å². The maximum Gasteiger partial charge on any atom is 0.0935 e. The van der Waals surface area contributed by atoms with E-state index in [-0.39, 0.29) is 0 Å². The molecule has 0 spiro atoms. The molecule has 0 N–H and O–H groups in total. The lowest BCUT2D eigenvalue weighted by atomic mass is 9.94. The third-order valence-electron chi connectivity index (χ3n) is 5.55. The fraction of sp³-hybridized carbons (Fsp3) is 0. The highest BCUT2D eigenvalue weighted by Gasteiger charge is 2.09. The van der Waals surface area contributed by atoms with Crippen LogP contribution in [0.2, 0.25) is 0 Å². The first-order valence-electron chi connectivity index (χ1n) is 9.43. The zero-order valence-corrected chi connectivity index (χ0v) is 15.1. The van der Waals surface area contributed by atoms with E-state index in [1.807, 2.05) is 12.1 Å². The molecule has 5 aromatic carbocycles. The number of fused-ring (bicyclic) bond motifs is 5. The number of hydrogen-bond acceptors (Lipinski definition) is 2. The molecule has 0 aliphatic rings. The minimum Gasteiger partial charge on any atom is -0.159 e. The molecule has 0 saturated carbocycles. The molecule has 1 heterocycles. The Labute approximate surface area is 162 Å². The molecule has 0 bridgehead atoms. The SMILES string of the molecule is c1cnnc(-c2cccc3cc4ccc5cc6ccccc6cc5c4cc23)c1. The summed E-state index contributed by atoms with van der Waals surface area (Å²) >= 11 is 0. The second-order valence-electron chi connectivity index (χ2n) is 7.20. The first kappa shape index (κ1) is 15.3. The predicted molar refractivity (Wildman–Crippen MR) is 117 cm³/mol. The summed E-state index contributed by atoms with van der Waals surface area (Å²) in [7, 11) is 0. The molecule has 0 aliphatic carbocycles. The predicted octanol–water partition coefficient (Wildman–Crippen LogP) is 6.76. The van der Waals surface area contributed by atoms with E-state index in [0.717, 1.165) is 11.3 Å². The molecular formula is C26H16N2. The fourth-order valence-corrected chi connectivity index (χ4v) is 4.19. The van der Waals surface area contributed by atoms with E-state index in [4.69, 9.17) is 0 Å². The normalized spacial score (nSPS) is 11.6. The van der Waals surface area contributed by atoms with Crippen molar-refractivity contribution in [1.29, 1.82) is 0 Å². The summed E-state index contributed by atoms with van der Waals surface area (Å²) in [6, 6.07) is 32.5. The maximum absolute atomic E-state index is 4.33. The van der Waals surface area contributed by atoms with E-state index in [2.05, 4.69) is 89.1 Å². The highest BCUT2D eigenvalue weighted by atomic mass is 15.1. The van der Waals surface area contributed by atoms with Crippen LogP contribution in [-0.4, -0.2) is 10.2 Å². The fourth-order valence-electron chi connectivity index (χ4n) is 4.19. The molecule has 0 radical (unpaired) electrons. The molecule has 0 saturated heterocycles. The van der Waals surface area contributed by atoms with Crippen LogP contribution in [0.4, 0.5) is 0 Å². The van der Waals surface area contributed by atoms with Crippen LogP contribution in [0.15, 0.2) is 97.2 Å². The van der Waals surface area contributed by atoms with Gasteiger partial charge in [-0.3, -0.25) is 0 Å². The van der Waals surface area contributed by atoms with E-state index in [0.29, 0.717) is 0 Å². The van der Waals surface area contributed by atoms with Gasteiger partial charge in [-0.2, -0.15) is 10.2 Å². The molecule has 0 unspecified atom stereocenters. The summed E-state index contributed by atoms with van der Waals surface area (Å²) in [5.74, 6) is 0. The molecule has 130 valence electrons. The topological polar surface area (TPSA) is 25.8 Å². The van der Waals surface area contributed by atoms with Gasteiger partial charge in [-0.05, 0) is 79.5 Å². The van der Waals surface area contributed by atoms with Crippen molar-refractivity contribution in [3.63, 3.8) is 0 Å². The van der Waals surface area contributed by atoms with Crippen LogP contribution in [0.5, 0.6) is 0 Å². The second kappa shape index (κ2) is 5.86. The number of nitrogens with zero attached hydrogens (tertiary/aromatic N) is 2. The Morgan fingerprint density at radius 3 is 1.93 bits per heavy atom. The van der Waals surface area contributed by atoms with Crippen molar-refractivity contribution in [1.82, 2.24) is 10.2 Å². The van der Waals surface area contributed by atoms with Crippen molar-refractivity contribution in [2.75, 3.05) is 0 Å². The van der Waals surface area contributed by atoms with Crippen molar-refractivity contribution in [3.05, 3.63) is 97.2 Å². The molecule has 0 aliphatic heterocycles. The van der Waals surface area contributed by atoms with Crippen LogP contribution >= 0.6 is 0 Å². The Kier molecular flexibility index (Phi) is 3.20. The lowest BCUT2D eigenvalue weighted by Gasteiger charge is -2.11. The molecule has 6 aromatic rings. The Hall–Kier alpha value is -3.78. The third-order valence-corrected chi connectivity index (χ3v) is 5.55. The molecule has 0 fully saturated rings. The van der Waals surface area contributed by atoms with Gasteiger partial charge in [-0.1, -0.05) is 54.6 Å². The summed E-state index contributed by atoms with van der Waals surface area (Å²) in [5.41, 5.74) is 2.02. The number of aromatic nitrogens is 2. The zero-order chi connectivity index (χ0) is 18.5. The Morgan fingerprint density at radius 2 is 1.14 bits per heavy atom. The Bertz CT molecular complexity index is 1500. The van der Waals surface area contributed by atoms with Crippen LogP contribution in [0, 0.1) is 0 Å².